The summed E-state index contributed by atoms with van der Waals surface area (Å²) in [6.07, 6.45) is 9.21. The second-order valence-corrected chi connectivity index (χ2v) is 7.65. The number of carbonyl (C=O) groups is 2. The number of aryl methyl sites for hydroxylation is 1. The molecule has 4 heteroatoms. The van der Waals surface area contributed by atoms with Crippen LogP contribution in [0.5, 0.6) is 0 Å². The molecule has 0 aromatic heterocycles. The van der Waals surface area contributed by atoms with E-state index in [1.165, 1.54) is 0 Å². The molecule has 1 aromatic carbocycles. The number of nitrogens with zero attached hydrogens (tertiary/aromatic N) is 1. The molecule has 0 unspecified atom stereocenters. The quantitative estimate of drug-likeness (QED) is 0.431. The number of fused-ring (bicyclic) bond motifs is 1. The van der Waals surface area contributed by atoms with Gasteiger partial charge in [0.05, 0.1) is 13.0 Å². The van der Waals surface area contributed by atoms with Crippen LogP contribution in [0.25, 0.3) is 6.08 Å². The standard InChI is InChI=1S/C23H29NO3/c1-3-12-27-23(26)21(13-18-10-8-17(2)9-11-18)14-22(25)24-15-19-6-4-5-7-20(19)16-24/h4-5,8-11,13,19-20H,3,6-7,12,14-16H2,1-2H3/t19-,20+. The lowest BCUT2D eigenvalue weighted by atomic mass is 9.86. The highest BCUT2D eigenvalue weighted by molar-refractivity contribution is 5.99. The van der Waals surface area contributed by atoms with Gasteiger partial charge in [0.2, 0.25) is 5.91 Å². The zero-order valence-corrected chi connectivity index (χ0v) is 16.3. The van der Waals surface area contributed by atoms with E-state index in [0.29, 0.717) is 24.0 Å². The molecule has 1 fully saturated rings. The Bertz CT molecular complexity index is 716. The number of ether oxygens (including phenoxy) is 1. The zero-order valence-electron chi connectivity index (χ0n) is 16.3. The Morgan fingerprint density at radius 2 is 1.74 bits per heavy atom. The van der Waals surface area contributed by atoms with Gasteiger partial charge in [-0.1, -0.05) is 48.9 Å². The molecule has 27 heavy (non-hydrogen) atoms. The van der Waals surface area contributed by atoms with Crippen LogP contribution in [0.15, 0.2) is 42.0 Å². The predicted molar refractivity (Wildman–Crippen MR) is 107 cm³/mol. The van der Waals surface area contributed by atoms with Crippen LogP contribution in [0.2, 0.25) is 0 Å². The summed E-state index contributed by atoms with van der Waals surface area (Å²) in [6, 6.07) is 7.92. The van der Waals surface area contributed by atoms with Crippen molar-refractivity contribution in [3.63, 3.8) is 0 Å². The Morgan fingerprint density at radius 3 is 2.33 bits per heavy atom. The summed E-state index contributed by atoms with van der Waals surface area (Å²) in [5.41, 5.74) is 2.51. The van der Waals surface area contributed by atoms with Crippen LogP contribution in [-0.4, -0.2) is 36.5 Å². The molecule has 1 heterocycles. The highest BCUT2D eigenvalue weighted by Gasteiger charge is 2.35. The molecule has 0 saturated carbocycles. The van der Waals surface area contributed by atoms with Gasteiger partial charge >= 0.3 is 5.97 Å². The van der Waals surface area contributed by atoms with Crippen LogP contribution in [0.1, 0.15) is 43.7 Å². The average molecular weight is 367 g/mol. The van der Waals surface area contributed by atoms with Gasteiger partial charge in [-0.25, -0.2) is 4.79 Å². The van der Waals surface area contributed by atoms with Gasteiger partial charge in [0.15, 0.2) is 0 Å². The predicted octanol–water partition coefficient (Wildman–Crippen LogP) is 4.15. The molecule has 2 atom stereocenters. The molecule has 0 spiro atoms. The monoisotopic (exact) mass is 367 g/mol. The molecule has 1 aliphatic carbocycles. The number of allylic oxidation sites excluding steroid dienone is 2. The van der Waals surface area contributed by atoms with Gasteiger partial charge in [-0.2, -0.15) is 0 Å². The summed E-state index contributed by atoms with van der Waals surface area (Å²) in [5.74, 6) is 0.770. The molecule has 4 nitrogen and oxygen atoms in total. The topological polar surface area (TPSA) is 46.6 Å². The molecule has 1 amide bonds. The fourth-order valence-corrected chi connectivity index (χ4v) is 3.83. The molecule has 1 aliphatic heterocycles. The zero-order chi connectivity index (χ0) is 19.2. The minimum absolute atomic E-state index is 0.0243. The van der Waals surface area contributed by atoms with E-state index in [9.17, 15) is 9.59 Å². The van der Waals surface area contributed by atoms with E-state index < -0.39 is 0 Å². The van der Waals surface area contributed by atoms with E-state index in [2.05, 4.69) is 12.2 Å². The molecule has 3 rings (SSSR count). The normalized spacial score (nSPS) is 21.9. The second kappa shape index (κ2) is 9.03. The summed E-state index contributed by atoms with van der Waals surface area (Å²) >= 11 is 0. The van der Waals surface area contributed by atoms with Crippen molar-refractivity contribution in [3.05, 3.63) is 53.1 Å². The highest BCUT2D eigenvalue weighted by Crippen LogP contribution is 2.33. The van der Waals surface area contributed by atoms with Crippen LogP contribution in [0, 0.1) is 18.8 Å². The first-order chi connectivity index (χ1) is 13.1. The van der Waals surface area contributed by atoms with Gasteiger partial charge in [-0.05, 0) is 49.7 Å². The average Bonchev–Trinajstić information content (AvgIpc) is 3.11. The molecular formula is C23H29NO3. The summed E-state index contributed by atoms with van der Waals surface area (Å²) in [7, 11) is 0. The Hall–Kier alpha value is -2.36. The van der Waals surface area contributed by atoms with Crippen molar-refractivity contribution in [3.8, 4) is 0 Å². The van der Waals surface area contributed by atoms with Crippen molar-refractivity contribution in [2.75, 3.05) is 19.7 Å². The lowest BCUT2D eigenvalue weighted by Gasteiger charge is -2.17. The van der Waals surface area contributed by atoms with Crippen molar-refractivity contribution in [1.82, 2.24) is 4.90 Å². The Morgan fingerprint density at radius 1 is 1.11 bits per heavy atom. The van der Waals surface area contributed by atoms with Crippen molar-refractivity contribution in [2.45, 2.75) is 39.5 Å². The van der Waals surface area contributed by atoms with Gasteiger partial charge in [-0.3, -0.25) is 4.79 Å². The first kappa shape index (κ1) is 19.4. The van der Waals surface area contributed by atoms with E-state index in [1.807, 2.05) is 43.0 Å². The minimum Gasteiger partial charge on any atom is -0.462 e. The van der Waals surface area contributed by atoms with Gasteiger partial charge in [0.1, 0.15) is 0 Å². The molecule has 0 N–H and O–H groups in total. The number of amides is 1. The molecule has 1 saturated heterocycles. The number of likely N-dealkylation sites (tertiary alicyclic amines) is 1. The van der Waals surface area contributed by atoms with E-state index in [4.69, 9.17) is 4.74 Å². The highest BCUT2D eigenvalue weighted by atomic mass is 16.5. The van der Waals surface area contributed by atoms with Crippen molar-refractivity contribution in [1.29, 1.82) is 0 Å². The molecule has 2 aliphatic rings. The third kappa shape index (κ3) is 5.09. The minimum atomic E-state index is -0.385. The molecular weight excluding hydrogens is 338 g/mol. The van der Waals surface area contributed by atoms with Crippen LogP contribution in [0.3, 0.4) is 0 Å². The van der Waals surface area contributed by atoms with Crippen LogP contribution in [0.4, 0.5) is 0 Å². The number of benzene rings is 1. The molecule has 144 valence electrons. The number of rotatable bonds is 6. The van der Waals surface area contributed by atoms with Gasteiger partial charge in [0, 0.05) is 18.7 Å². The lowest BCUT2D eigenvalue weighted by molar-refractivity contribution is -0.140. The maximum absolute atomic E-state index is 12.9. The molecule has 0 bridgehead atoms. The molecule has 0 radical (unpaired) electrons. The summed E-state index contributed by atoms with van der Waals surface area (Å²) < 4.78 is 5.32. The van der Waals surface area contributed by atoms with Crippen LogP contribution < -0.4 is 0 Å². The number of carbonyl (C=O) groups excluding carboxylic acids is 2. The maximum Gasteiger partial charge on any atom is 0.334 e. The van der Waals surface area contributed by atoms with Gasteiger partial charge in [0.25, 0.3) is 0 Å². The van der Waals surface area contributed by atoms with E-state index in [-0.39, 0.29) is 18.3 Å². The fourth-order valence-electron chi connectivity index (χ4n) is 3.83. The number of hydrogen-bond donors (Lipinski definition) is 0. The van der Waals surface area contributed by atoms with Crippen LogP contribution in [-0.2, 0) is 14.3 Å². The summed E-state index contributed by atoms with van der Waals surface area (Å²) in [5, 5.41) is 0. The lowest BCUT2D eigenvalue weighted by Crippen LogP contribution is -2.30. The van der Waals surface area contributed by atoms with E-state index in [1.54, 1.807) is 6.08 Å². The summed E-state index contributed by atoms with van der Waals surface area (Å²) in [6.45, 7) is 5.96. The maximum atomic E-state index is 12.9. The van der Waals surface area contributed by atoms with Gasteiger partial charge in [-0.15, -0.1) is 0 Å². The SMILES string of the molecule is CCCOC(=O)C(=Cc1ccc(C)cc1)CC(=O)N1C[C@H]2CC=CC[C@H]2C1. The smallest absolute Gasteiger partial charge is 0.334 e. The first-order valence-corrected chi connectivity index (χ1v) is 9.94. The van der Waals surface area contributed by atoms with Crippen LogP contribution >= 0.6 is 0 Å². The fraction of sp³-hybridized carbons (Fsp3) is 0.478. The number of esters is 1. The first-order valence-electron chi connectivity index (χ1n) is 9.94. The van der Waals surface area contributed by atoms with Crippen molar-refractivity contribution in [2.24, 2.45) is 11.8 Å². The van der Waals surface area contributed by atoms with E-state index in [0.717, 1.165) is 43.5 Å². The Kier molecular flexibility index (Phi) is 6.49. The van der Waals surface area contributed by atoms with Gasteiger partial charge < -0.3 is 9.64 Å². The third-order valence-corrected chi connectivity index (χ3v) is 5.43. The largest absolute Gasteiger partial charge is 0.462 e. The Balaban J connectivity index is 1.71. The number of hydrogen-bond acceptors (Lipinski definition) is 3. The summed E-state index contributed by atoms with van der Waals surface area (Å²) in [4.78, 5) is 27.3. The van der Waals surface area contributed by atoms with Crippen molar-refractivity contribution < 1.29 is 14.3 Å². The second-order valence-electron chi connectivity index (χ2n) is 7.65. The Labute approximate surface area is 161 Å². The third-order valence-electron chi connectivity index (χ3n) is 5.43. The van der Waals surface area contributed by atoms with E-state index >= 15 is 0 Å². The molecule has 1 aromatic rings. The van der Waals surface area contributed by atoms with Crippen molar-refractivity contribution >= 4 is 18.0 Å².